The van der Waals surface area contributed by atoms with Crippen LogP contribution in [0, 0.1) is 0 Å². The molecule has 3 nitrogen and oxygen atoms in total. The SMILES string of the molecule is NC(=S)c1ccc(N2CCCCCC2CO)cc1Cl. The van der Waals surface area contributed by atoms with Crippen LogP contribution in [0.1, 0.15) is 31.2 Å². The molecule has 1 fully saturated rings. The van der Waals surface area contributed by atoms with Gasteiger partial charge in [0.05, 0.1) is 17.7 Å². The monoisotopic (exact) mass is 298 g/mol. The molecule has 1 unspecified atom stereocenters. The molecular weight excluding hydrogens is 280 g/mol. The Morgan fingerprint density at radius 2 is 2.21 bits per heavy atom. The number of halogens is 1. The Morgan fingerprint density at radius 3 is 2.84 bits per heavy atom. The predicted octanol–water partition coefficient (Wildman–Crippen LogP) is 2.72. The minimum Gasteiger partial charge on any atom is -0.394 e. The van der Waals surface area contributed by atoms with E-state index in [0.29, 0.717) is 15.6 Å². The van der Waals surface area contributed by atoms with Crippen LogP contribution in [-0.4, -0.2) is 29.3 Å². The second-order valence-electron chi connectivity index (χ2n) is 4.91. The number of benzene rings is 1. The summed E-state index contributed by atoms with van der Waals surface area (Å²) in [6.45, 7) is 1.13. The number of hydrogen-bond acceptors (Lipinski definition) is 3. The van der Waals surface area contributed by atoms with Crippen LogP contribution in [-0.2, 0) is 0 Å². The van der Waals surface area contributed by atoms with Crippen molar-refractivity contribution in [3.63, 3.8) is 0 Å². The van der Waals surface area contributed by atoms with Gasteiger partial charge in [0.15, 0.2) is 0 Å². The zero-order chi connectivity index (χ0) is 13.8. The van der Waals surface area contributed by atoms with Crippen LogP contribution in [0.3, 0.4) is 0 Å². The lowest BCUT2D eigenvalue weighted by molar-refractivity contribution is 0.255. The fraction of sp³-hybridized carbons (Fsp3) is 0.500. The van der Waals surface area contributed by atoms with E-state index in [1.165, 1.54) is 12.8 Å². The normalized spacial score (nSPS) is 20.1. The second kappa shape index (κ2) is 6.55. The molecule has 1 atom stereocenters. The van der Waals surface area contributed by atoms with Gasteiger partial charge in [0, 0.05) is 17.8 Å². The minimum atomic E-state index is 0.175. The highest BCUT2D eigenvalue weighted by molar-refractivity contribution is 7.80. The van der Waals surface area contributed by atoms with Gasteiger partial charge in [-0.15, -0.1) is 0 Å². The molecule has 0 spiro atoms. The molecular formula is C14H19ClN2OS. The third-order valence-electron chi connectivity index (χ3n) is 3.64. The average molecular weight is 299 g/mol. The summed E-state index contributed by atoms with van der Waals surface area (Å²) in [7, 11) is 0. The van der Waals surface area contributed by atoms with Crippen molar-refractivity contribution in [2.75, 3.05) is 18.1 Å². The Balaban J connectivity index is 2.28. The van der Waals surface area contributed by atoms with Crippen LogP contribution in [0.15, 0.2) is 18.2 Å². The summed E-state index contributed by atoms with van der Waals surface area (Å²) in [6, 6.07) is 5.91. The van der Waals surface area contributed by atoms with Gasteiger partial charge in [-0.05, 0) is 31.0 Å². The van der Waals surface area contributed by atoms with E-state index in [2.05, 4.69) is 4.90 Å². The van der Waals surface area contributed by atoms with Crippen molar-refractivity contribution in [3.8, 4) is 0 Å². The Kier molecular flexibility index (Phi) is 5.02. The molecule has 1 aromatic carbocycles. The number of anilines is 1. The standard InChI is InChI=1S/C14H19ClN2OS/c15-13-8-10(5-6-12(13)14(16)19)17-7-3-1-2-4-11(17)9-18/h5-6,8,11,18H,1-4,7,9H2,(H2,16,19). The summed E-state index contributed by atoms with van der Waals surface area (Å²) in [6.07, 6.45) is 4.54. The van der Waals surface area contributed by atoms with E-state index >= 15 is 0 Å². The number of nitrogens with zero attached hydrogens (tertiary/aromatic N) is 1. The number of nitrogens with two attached hydrogens (primary N) is 1. The van der Waals surface area contributed by atoms with Crippen LogP contribution in [0.25, 0.3) is 0 Å². The second-order valence-corrected chi connectivity index (χ2v) is 5.75. The topological polar surface area (TPSA) is 49.5 Å². The first-order chi connectivity index (χ1) is 9.13. The molecule has 0 bridgehead atoms. The van der Waals surface area contributed by atoms with Crippen LogP contribution >= 0.6 is 23.8 Å². The number of rotatable bonds is 3. The first kappa shape index (κ1) is 14.6. The number of hydrogen-bond donors (Lipinski definition) is 2. The average Bonchev–Trinajstić information content (AvgIpc) is 2.63. The third-order valence-corrected chi connectivity index (χ3v) is 4.17. The summed E-state index contributed by atoms with van der Waals surface area (Å²) in [5, 5.41) is 10.1. The largest absolute Gasteiger partial charge is 0.394 e. The molecule has 5 heteroatoms. The number of aliphatic hydroxyl groups excluding tert-OH is 1. The molecule has 104 valence electrons. The zero-order valence-corrected chi connectivity index (χ0v) is 12.4. The Hall–Kier alpha value is -0.840. The van der Waals surface area contributed by atoms with Crippen molar-refractivity contribution in [3.05, 3.63) is 28.8 Å². The first-order valence-corrected chi connectivity index (χ1v) is 7.39. The van der Waals surface area contributed by atoms with E-state index in [1.807, 2.05) is 18.2 Å². The quantitative estimate of drug-likeness (QED) is 0.843. The van der Waals surface area contributed by atoms with Gasteiger partial charge in [-0.25, -0.2) is 0 Å². The van der Waals surface area contributed by atoms with Crippen LogP contribution < -0.4 is 10.6 Å². The number of thiocarbonyl (C=S) groups is 1. The van der Waals surface area contributed by atoms with Gasteiger partial charge >= 0.3 is 0 Å². The lowest BCUT2D eigenvalue weighted by Crippen LogP contribution is -2.37. The lowest BCUT2D eigenvalue weighted by atomic mass is 10.1. The van der Waals surface area contributed by atoms with Gasteiger partial charge in [0.25, 0.3) is 0 Å². The highest BCUT2D eigenvalue weighted by atomic mass is 35.5. The van der Waals surface area contributed by atoms with Gasteiger partial charge in [0.1, 0.15) is 4.99 Å². The highest BCUT2D eigenvalue weighted by Crippen LogP contribution is 2.28. The fourth-order valence-corrected chi connectivity index (χ4v) is 3.10. The van der Waals surface area contributed by atoms with Gasteiger partial charge in [-0.3, -0.25) is 0 Å². The summed E-state index contributed by atoms with van der Waals surface area (Å²) in [4.78, 5) is 2.55. The Bertz CT molecular complexity index is 467. The summed E-state index contributed by atoms with van der Waals surface area (Å²) in [5.41, 5.74) is 7.35. The van der Waals surface area contributed by atoms with Gasteiger partial charge < -0.3 is 15.7 Å². The molecule has 0 saturated carbocycles. The lowest BCUT2D eigenvalue weighted by Gasteiger charge is -2.31. The predicted molar refractivity (Wildman–Crippen MR) is 84.0 cm³/mol. The third kappa shape index (κ3) is 3.38. The van der Waals surface area contributed by atoms with Crippen LogP contribution in [0.5, 0.6) is 0 Å². The van der Waals surface area contributed by atoms with Gasteiger partial charge in [-0.2, -0.15) is 0 Å². The molecule has 1 heterocycles. The highest BCUT2D eigenvalue weighted by Gasteiger charge is 2.21. The minimum absolute atomic E-state index is 0.175. The molecule has 2 rings (SSSR count). The molecule has 3 N–H and O–H groups in total. The van der Waals surface area contributed by atoms with E-state index < -0.39 is 0 Å². The zero-order valence-electron chi connectivity index (χ0n) is 10.8. The molecule has 1 aromatic rings. The van der Waals surface area contributed by atoms with Crippen molar-refractivity contribution < 1.29 is 5.11 Å². The molecule has 0 radical (unpaired) electrons. The van der Waals surface area contributed by atoms with E-state index in [0.717, 1.165) is 25.1 Å². The van der Waals surface area contributed by atoms with E-state index in [9.17, 15) is 5.11 Å². The van der Waals surface area contributed by atoms with E-state index in [4.69, 9.17) is 29.6 Å². The first-order valence-electron chi connectivity index (χ1n) is 6.60. The maximum absolute atomic E-state index is 9.54. The molecule has 1 aliphatic rings. The summed E-state index contributed by atoms with van der Waals surface area (Å²) < 4.78 is 0. The van der Waals surface area contributed by atoms with Crippen molar-refractivity contribution in [2.24, 2.45) is 5.73 Å². The summed E-state index contributed by atoms with van der Waals surface area (Å²) >= 11 is 11.2. The molecule has 1 aliphatic heterocycles. The molecule has 0 aromatic heterocycles. The summed E-state index contributed by atoms with van der Waals surface area (Å²) in [5.74, 6) is 0. The van der Waals surface area contributed by atoms with E-state index in [1.54, 1.807) is 0 Å². The van der Waals surface area contributed by atoms with Crippen LogP contribution in [0.4, 0.5) is 5.69 Å². The maximum Gasteiger partial charge on any atom is 0.105 e. The van der Waals surface area contributed by atoms with Crippen LogP contribution in [0.2, 0.25) is 5.02 Å². The molecule has 1 saturated heterocycles. The van der Waals surface area contributed by atoms with Crippen molar-refractivity contribution in [1.82, 2.24) is 0 Å². The Labute approximate surface area is 124 Å². The van der Waals surface area contributed by atoms with Gasteiger partial charge in [-0.1, -0.05) is 36.7 Å². The maximum atomic E-state index is 9.54. The smallest absolute Gasteiger partial charge is 0.105 e. The van der Waals surface area contributed by atoms with Crippen molar-refractivity contribution in [1.29, 1.82) is 0 Å². The fourth-order valence-electron chi connectivity index (χ4n) is 2.59. The number of aliphatic hydroxyl groups is 1. The van der Waals surface area contributed by atoms with E-state index in [-0.39, 0.29) is 12.6 Å². The molecule has 0 amide bonds. The van der Waals surface area contributed by atoms with Crippen molar-refractivity contribution >= 4 is 34.5 Å². The molecule has 0 aliphatic carbocycles. The Morgan fingerprint density at radius 1 is 1.42 bits per heavy atom. The van der Waals surface area contributed by atoms with Crippen molar-refractivity contribution in [2.45, 2.75) is 31.7 Å². The molecule has 19 heavy (non-hydrogen) atoms. The van der Waals surface area contributed by atoms with Gasteiger partial charge in [0.2, 0.25) is 0 Å².